The Labute approximate surface area is 159 Å². The number of carbonyl (C=O) groups excluding carboxylic acids is 1. The van der Waals surface area contributed by atoms with Crippen LogP contribution in [0.4, 0.5) is 15.8 Å². The summed E-state index contributed by atoms with van der Waals surface area (Å²) in [6.45, 7) is 2.32. The Morgan fingerprint density at radius 1 is 1.22 bits per heavy atom. The summed E-state index contributed by atoms with van der Waals surface area (Å²) in [7, 11) is -3.23. The van der Waals surface area contributed by atoms with Crippen LogP contribution in [-0.4, -0.2) is 26.6 Å². The number of hydrogen-bond donors (Lipinski definition) is 1. The average Bonchev–Trinajstić information content (AvgIpc) is 2.96. The monoisotopic (exact) mass is 390 g/mol. The summed E-state index contributed by atoms with van der Waals surface area (Å²) in [6.07, 6.45) is 1.97. The molecule has 0 aromatic heterocycles. The molecule has 0 spiro atoms. The zero-order valence-electron chi connectivity index (χ0n) is 15.2. The molecule has 7 heteroatoms. The van der Waals surface area contributed by atoms with E-state index in [-0.39, 0.29) is 23.9 Å². The van der Waals surface area contributed by atoms with Crippen LogP contribution in [-0.2, 0) is 21.2 Å². The van der Waals surface area contributed by atoms with E-state index in [0.717, 1.165) is 5.56 Å². The van der Waals surface area contributed by atoms with Crippen LogP contribution in [0.2, 0.25) is 0 Å². The van der Waals surface area contributed by atoms with Crippen molar-refractivity contribution < 1.29 is 17.6 Å². The van der Waals surface area contributed by atoms with Gasteiger partial charge in [-0.15, -0.1) is 0 Å². The third kappa shape index (κ3) is 4.66. The molecule has 5 nitrogen and oxygen atoms in total. The lowest BCUT2D eigenvalue weighted by molar-refractivity contribution is -0.116. The molecule has 0 unspecified atom stereocenters. The summed E-state index contributed by atoms with van der Waals surface area (Å²) in [5.41, 5.74) is 2.69. The molecule has 1 aliphatic rings. The van der Waals surface area contributed by atoms with E-state index in [1.807, 2.05) is 6.92 Å². The van der Waals surface area contributed by atoms with E-state index in [1.54, 1.807) is 36.4 Å². The van der Waals surface area contributed by atoms with Gasteiger partial charge in [0.2, 0.25) is 15.9 Å². The molecule has 2 aromatic rings. The molecule has 1 aliphatic heterocycles. The van der Waals surface area contributed by atoms with Gasteiger partial charge in [-0.2, -0.15) is 0 Å². The Morgan fingerprint density at radius 3 is 2.67 bits per heavy atom. The number of anilines is 2. The highest BCUT2D eigenvalue weighted by Crippen LogP contribution is 2.29. The molecule has 1 heterocycles. The number of rotatable bonds is 6. The van der Waals surface area contributed by atoms with E-state index in [2.05, 4.69) is 5.32 Å². The number of sulfonamides is 1. The number of benzene rings is 2. The molecule has 0 aliphatic carbocycles. The molecule has 144 valence electrons. The molecular weight excluding hydrogens is 367 g/mol. The van der Waals surface area contributed by atoms with Crippen LogP contribution in [0.1, 0.15) is 30.4 Å². The van der Waals surface area contributed by atoms with Gasteiger partial charge >= 0.3 is 0 Å². The molecule has 1 N–H and O–H groups in total. The standard InChI is InChI=1S/C20H23FN2O3S/c1-15-14-17(10-11-19(15)23-12-5-13-27(23,25)26)22-20(24)9-4-7-16-6-2-3-8-18(16)21/h2-3,6,8,10-11,14H,4-5,7,9,12-13H2,1H3,(H,22,24). The van der Waals surface area contributed by atoms with Crippen molar-refractivity contribution in [1.82, 2.24) is 0 Å². The summed E-state index contributed by atoms with van der Waals surface area (Å²) in [6, 6.07) is 11.8. The van der Waals surface area contributed by atoms with Gasteiger partial charge in [0, 0.05) is 18.7 Å². The zero-order chi connectivity index (χ0) is 19.4. The molecule has 2 aromatic carbocycles. The van der Waals surface area contributed by atoms with E-state index < -0.39 is 10.0 Å². The van der Waals surface area contributed by atoms with Gasteiger partial charge in [0.05, 0.1) is 11.4 Å². The minimum Gasteiger partial charge on any atom is -0.326 e. The highest BCUT2D eigenvalue weighted by Gasteiger charge is 2.29. The first-order valence-corrected chi connectivity index (χ1v) is 10.6. The molecule has 27 heavy (non-hydrogen) atoms. The number of nitrogens with one attached hydrogen (secondary N) is 1. The molecule has 0 bridgehead atoms. The van der Waals surface area contributed by atoms with Gasteiger partial charge in [-0.25, -0.2) is 12.8 Å². The second-order valence-electron chi connectivity index (χ2n) is 6.74. The molecule has 0 radical (unpaired) electrons. The van der Waals surface area contributed by atoms with Gasteiger partial charge in [0.25, 0.3) is 0 Å². The minimum atomic E-state index is -3.23. The Bertz CT molecular complexity index is 944. The topological polar surface area (TPSA) is 66.5 Å². The zero-order valence-corrected chi connectivity index (χ0v) is 16.1. The number of hydrogen-bond acceptors (Lipinski definition) is 3. The van der Waals surface area contributed by atoms with Crippen molar-refractivity contribution in [2.45, 2.75) is 32.6 Å². The van der Waals surface area contributed by atoms with Crippen LogP contribution in [0.25, 0.3) is 0 Å². The number of aryl methyl sites for hydroxylation is 2. The smallest absolute Gasteiger partial charge is 0.235 e. The molecule has 1 saturated heterocycles. The van der Waals surface area contributed by atoms with Crippen LogP contribution in [0, 0.1) is 12.7 Å². The summed E-state index contributed by atoms with van der Waals surface area (Å²) in [5.74, 6) is -0.222. The second kappa shape index (κ2) is 8.08. The highest BCUT2D eigenvalue weighted by atomic mass is 32.2. The lowest BCUT2D eigenvalue weighted by Gasteiger charge is -2.20. The number of carbonyl (C=O) groups is 1. The first kappa shape index (κ1) is 19.4. The van der Waals surface area contributed by atoms with E-state index in [1.165, 1.54) is 10.4 Å². The van der Waals surface area contributed by atoms with Crippen molar-refractivity contribution in [2.24, 2.45) is 0 Å². The molecule has 0 saturated carbocycles. The van der Waals surface area contributed by atoms with Crippen LogP contribution < -0.4 is 9.62 Å². The van der Waals surface area contributed by atoms with Gasteiger partial charge in [-0.1, -0.05) is 18.2 Å². The first-order valence-electron chi connectivity index (χ1n) is 9.01. The van der Waals surface area contributed by atoms with E-state index in [0.29, 0.717) is 42.7 Å². The van der Waals surface area contributed by atoms with E-state index in [9.17, 15) is 17.6 Å². The van der Waals surface area contributed by atoms with Crippen LogP contribution >= 0.6 is 0 Å². The normalized spacial score (nSPS) is 15.7. The molecule has 3 rings (SSSR count). The SMILES string of the molecule is Cc1cc(NC(=O)CCCc2ccccc2F)ccc1N1CCCS1(=O)=O. The van der Waals surface area contributed by atoms with Crippen molar-refractivity contribution in [3.05, 3.63) is 59.4 Å². The van der Waals surface area contributed by atoms with E-state index in [4.69, 9.17) is 0 Å². The van der Waals surface area contributed by atoms with Crippen LogP contribution in [0.3, 0.4) is 0 Å². The molecule has 1 amide bonds. The van der Waals surface area contributed by atoms with Crippen LogP contribution in [0.5, 0.6) is 0 Å². The minimum absolute atomic E-state index is 0.146. The summed E-state index contributed by atoms with van der Waals surface area (Å²) in [4.78, 5) is 12.1. The van der Waals surface area contributed by atoms with Crippen molar-refractivity contribution in [3.63, 3.8) is 0 Å². The fraction of sp³-hybridized carbons (Fsp3) is 0.350. The van der Waals surface area contributed by atoms with E-state index >= 15 is 0 Å². The lowest BCUT2D eigenvalue weighted by Crippen LogP contribution is -2.25. The number of nitrogens with zero attached hydrogens (tertiary/aromatic N) is 1. The van der Waals surface area contributed by atoms with Gasteiger partial charge in [-0.05, 0) is 61.6 Å². The Balaban J connectivity index is 1.57. The third-order valence-electron chi connectivity index (χ3n) is 4.66. The molecular formula is C20H23FN2O3S. The summed E-state index contributed by atoms with van der Waals surface area (Å²) in [5, 5.41) is 2.82. The summed E-state index contributed by atoms with van der Waals surface area (Å²) >= 11 is 0. The Morgan fingerprint density at radius 2 is 2.00 bits per heavy atom. The highest BCUT2D eigenvalue weighted by molar-refractivity contribution is 7.93. The predicted octanol–water partition coefficient (Wildman–Crippen LogP) is 3.64. The first-order chi connectivity index (χ1) is 12.9. The average molecular weight is 390 g/mol. The summed E-state index contributed by atoms with van der Waals surface area (Å²) < 4.78 is 39.1. The predicted molar refractivity (Wildman–Crippen MR) is 105 cm³/mol. The quantitative estimate of drug-likeness (QED) is 0.819. The maximum Gasteiger partial charge on any atom is 0.235 e. The van der Waals surface area contributed by atoms with Crippen molar-refractivity contribution in [3.8, 4) is 0 Å². The Hall–Kier alpha value is -2.41. The second-order valence-corrected chi connectivity index (χ2v) is 8.75. The van der Waals surface area contributed by atoms with Gasteiger partial charge in [-0.3, -0.25) is 9.10 Å². The number of halogens is 1. The molecule has 0 atom stereocenters. The van der Waals surface area contributed by atoms with Gasteiger partial charge < -0.3 is 5.32 Å². The largest absolute Gasteiger partial charge is 0.326 e. The lowest BCUT2D eigenvalue weighted by atomic mass is 10.1. The van der Waals surface area contributed by atoms with Crippen molar-refractivity contribution in [1.29, 1.82) is 0 Å². The van der Waals surface area contributed by atoms with Gasteiger partial charge in [0.15, 0.2) is 0 Å². The van der Waals surface area contributed by atoms with Crippen molar-refractivity contribution >= 4 is 27.3 Å². The Kier molecular flexibility index (Phi) is 5.79. The fourth-order valence-corrected chi connectivity index (χ4v) is 4.91. The maximum absolute atomic E-state index is 13.6. The van der Waals surface area contributed by atoms with Gasteiger partial charge in [0.1, 0.15) is 5.82 Å². The molecule has 1 fully saturated rings. The fourth-order valence-electron chi connectivity index (χ4n) is 3.29. The van der Waals surface area contributed by atoms with Crippen LogP contribution in [0.15, 0.2) is 42.5 Å². The van der Waals surface area contributed by atoms with Crippen molar-refractivity contribution in [2.75, 3.05) is 21.9 Å². The maximum atomic E-state index is 13.6. The third-order valence-corrected chi connectivity index (χ3v) is 6.51. The number of amides is 1.